The van der Waals surface area contributed by atoms with Crippen molar-refractivity contribution in [3.63, 3.8) is 0 Å². The molecule has 1 aliphatic carbocycles. The van der Waals surface area contributed by atoms with Crippen molar-refractivity contribution in [2.45, 2.75) is 57.3 Å². The third-order valence-electron chi connectivity index (χ3n) is 7.31. The van der Waals surface area contributed by atoms with Crippen LogP contribution in [0.15, 0.2) is 54.7 Å². The number of carbonyl (C=O) groups excluding carboxylic acids is 3. The summed E-state index contributed by atoms with van der Waals surface area (Å²) >= 11 is 0. The zero-order valence-corrected chi connectivity index (χ0v) is 22.8. The smallest absolute Gasteiger partial charge is 0.338 e. The van der Waals surface area contributed by atoms with Crippen molar-refractivity contribution in [1.82, 2.24) is 20.0 Å². The fraction of sp³-hybridized carbons (Fsp3) is 0.379. The number of likely N-dealkylation sites (N-methyl/N-ethyl adjacent to an activating group) is 1. The highest BCUT2D eigenvalue weighted by Crippen LogP contribution is 2.36. The third kappa shape index (κ3) is 6.75. The van der Waals surface area contributed by atoms with Crippen LogP contribution in [0.3, 0.4) is 0 Å². The second-order valence-corrected chi connectivity index (χ2v) is 10.1. The van der Waals surface area contributed by atoms with Gasteiger partial charge in [-0.25, -0.2) is 4.39 Å². The molecule has 0 spiro atoms. The first-order valence-corrected chi connectivity index (χ1v) is 13.2. The Morgan fingerprint density at radius 2 is 1.88 bits per heavy atom. The van der Waals surface area contributed by atoms with Crippen molar-refractivity contribution >= 4 is 23.4 Å². The Balaban J connectivity index is 1.55. The molecule has 218 valence electrons. The van der Waals surface area contributed by atoms with Gasteiger partial charge < -0.3 is 15.5 Å². The molecule has 0 saturated carbocycles. The van der Waals surface area contributed by atoms with Crippen LogP contribution in [0, 0.1) is 5.82 Å². The minimum Gasteiger partial charge on any atom is -0.338 e. The molecule has 3 amide bonds. The van der Waals surface area contributed by atoms with Crippen LogP contribution in [0.5, 0.6) is 0 Å². The SMILES string of the molecule is CCn1nccc1C(=O)N[C@H](C(=O)Nc1ccc([C@H](C)C(=O)N(C)CC(F)(F)F)cc1F)[C@H]1CCc2ccccc21. The summed E-state index contributed by atoms with van der Waals surface area (Å²) in [6.07, 6.45) is -1.77. The molecule has 0 fully saturated rings. The van der Waals surface area contributed by atoms with E-state index in [-0.39, 0.29) is 22.9 Å². The maximum Gasteiger partial charge on any atom is 0.406 e. The fourth-order valence-corrected chi connectivity index (χ4v) is 5.21. The first-order valence-electron chi connectivity index (χ1n) is 13.2. The molecule has 1 aliphatic rings. The summed E-state index contributed by atoms with van der Waals surface area (Å²) < 4.78 is 54.8. The van der Waals surface area contributed by atoms with Gasteiger partial charge in [0, 0.05) is 25.7 Å². The molecule has 41 heavy (non-hydrogen) atoms. The maximum absolute atomic E-state index is 15.2. The molecule has 2 aromatic carbocycles. The van der Waals surface area contributed by atoms with Gasteiger partial charge in [0.2, 0.25) is 11.8 Å². The van der Waals surface area contributed by atoms with Crippen molar-refractivity contribution in [2.24, 2.45) is 0 Å². The normalized spacial score (nSPS) is 16.0. The van der Waals surface area contributed by atoms with E-state index in [2.05, 4.69) is 15.7 Å². The molecule has 0 bridgehead atoms. The van der Waals surface area contributed by atoms with Gasteiger partial charge in [0.05, 0.1) is 11.6 Å². The number of nitrogens with zero attached hydrogens (tertiary/aromatic N) is 3. The topological polar surface area (TPSA) is 96.3 Å². The van der Waals surface area contributed by atoms with Crippen LogP contribution in [-0.4, -0.2) is 58.2 Å². The second-order valence-electron chi connectivity index (χ2n) is 10.1. The van der Waals surface area contributed by atoms with Crippen LogP contribution in [-0.2, 0) is 22.6 Å². The lowest BCUT2D eigenvalue weighted by Gasteiger charge is -2.25. The van der Waals surface area contributed by atoms with Crippen LogP contribution in [0.25, 0.3) is 0 Å². The van der Waals surface area contributed by atoms with E-state index < -0.39 is 48.2 Å². The monoisotopic (exact) mass is 573 g/mol. The van der Waals surface area contributed by atoms with E-state index in [1.807, 2.05) is 31.2 Å². The van der Waals surface area contributed by atoms with Gasteiger partial charge in [0.15, 0.2) is 0 Å². The number of fused-ring (bicyclic) bond motifs is 1. The molecule has 0 radical (unpaired) electrons. The summed E-state index contributed by atoms with van der Waals surface area (Å²) in [6, 6.07) is 11.8. The van der Waals surface area contributed by atoms with E-state index in [1.54, 1.807) is 6.07 Å². The lowest BCUT2D eigenvalue weighted by Crippen LogP contribution is -2.47. The number of aryl methyl sites for hydroxylation is 2. The van der Waals surface area contributed by atoms with Crippen molar-refractivity contribution in [3.05, 3.63) is 82.9 Å². The molecule has 3 aromatic rings. The lowest BCUT2D eigenvalue weighted by molar-refractivity contribution is -0.159. The van der Waals surface area contributed by atoms with Crippen molar-refractivity contribution in [3.8, 4) is 0 Å². The van der Waals surface area contributed by atoms with Crippen LogP contribution in [0.4, 0.5) is 23.2 Å². The van der Waals surface area contributed by atoms with Crippen LogP contribution in [0.1, 0.15) is 59.3 Å². The Bertz CT molecular complexity index is 1440. The highest BCUT2D eigenvalue weighted by atomic mass is 19.4. The molecular formula is C29H31F4N5O3. The van der Waals surface area contributed by atoms with Crippen LogP contribution in [0.2, 0.25) is 0 Å². The summed E-state index contributed by atoms with van der Waals surface area (Å²) in [5.74, 6) is -4.24. The number of hydrogen-bond acceptors (Lipinski definition) is 4. The summed E-state index contributed by atoms with van der Waals surface area (Å²) in [5.41, 5.74) is 2.23. The summed E-state index contributed by atoms with van der Waals surface area (Å²) in [4.78, 5) is 39.8. The number of carbonyl (C=O) groups is 3. The highest BCUT2D eigenvalue weighted by molar-refractivity contribution is 6.01. The van der Waals surface area contributed by atoms with E-state index in [1.165, 1.54) is 29.9 Å². The molecule has 2 N–H and O–H groups in total. The molecular weight excluding hydrogens is 542 g/mol. The number of hydrogen-bond donors (Lipinski definition) is 2. The number of amides is 3. The van der Waals surface area contributed by atoms with Crippen LogP contribution >= 0.6 is 0 Å². The largest absolute Gasteiger partial charge is 0.406 e. The third-order valence-corrected chi connectivity index (χ3v) is 7.31. The minimum atomic E-state index is -4.56. The molecule has 1 heterocycles. The Kier molecular flexibility index (Phi) is 8.79. The molecule has 0 aliphatic heterocycles. The van der Waals surface area contributed by atoms with Gasteiger partial charge in [0.25, 0.3) is 5.91 Å². The molecule has 12 heteroatoms. The van der Waals surface area contributed by atoms with Gasteiger partial charge in [-0.15, -0.1) is 0 Å². The summed E-state index contributed by atoms with van der Waals surface area (Å²) in [6.45, 7) is 2.23. The number of nitrogens with one attached hydrogen (secondary N) is 2. The zero-order chi connectivity index (χ0) is 29.9. The van der Waals surface area contributed by atoms with Gasteiger partial charge in [-0.3, -0.25) is 19.1 Å². The van der Waals surface area contributed by atoms with E-state index in [4.69, 9.17) is 0 Å². The minimum absolute atomic E-state index is 0.155. The second kappa shape index (κ2) is 12.1. The Morgan fingerprint density at radius 1 is 1.15 bits per heavy atom. The first kappa shape index (κ1) is 29.8. The van der Waals surface area contributed by atoms with Gasteiger partial charge in [-0.05, 0) is 61.6 Å². The van der Waals surface area contributed by atoms with Gasteiger partial charge >= 0.3 is 6.18 Å². The maximum atomic E-state index is 15.2. The fourth-order valence-electron chi connectivity index (χ4n) is 5.21. The van der Waals surface area contributed by atoms with E-state index >= 15 is 4.39 Å². The quantitative estimate of drug-likeness (QED) is 0.365. The summed E-state index contributed by atoms with van der Waals surface area (Å²) in [7, 11) is 1.03. The zero-order valence-electron chi connectivity index (χ0n) is 22.8. The van der Waals surface area contributed by atoms with Crippen molar-refractivity contribution in [1.29, 1.82) is 0 Å². The lowest BCUT2D eigenvalue weighted by atomic mass is 9.92. The predicted octanol–water partition coefficient (Wildman–Crippen LogP) is 4.63. The number of halogens is 4. The highest BCUT2D eigenvalue weighted by Gasteiger charge is 2.37. The number of anilines is 1. The Hall–Kier alpha value is -4.22. The van der Waals surface area contributed by atoms with Crippen molar-refractivity contribution in [2.75, 3.05) is 18.9 Å². The first-order chi connectivity index (χ1) is 19.4. The Labute approximate surface area is 234 Å². The molecule has 1 aromatic heterocycles. The number of rotatable bonds is 9. The molecule has 8 nitrogen and oxygen atoms in total. The van der Waals surface area contributed by atoms with E-state index in [9.17, 15) is 27.6 Å². The average molecular weight is 574 g/mol. The van der Waals surface area contributed by atoms with Gasteiger partial charge in [-0.1, -0.05) is 30.3 Å². The van der Waals surface area contributed by atoms with Crippen LogP contribution < -0.4 is 10.6 Å². The van der Waals surface area contributed by atoms with E-state index in [0.717, 1.165) is 24.2 Å². The Morgan fingerprint density at radius 3 is 2.56 bits per heavy atom. The van der Waals surface area contributed by atoms with Gasteiger partial charge in [0.1, 0.15) is 24.1 Å². The predicted molar refractivity (Wildman–Crippen MR) is 144 cm³/mol. The molecule has 4 rings (SSSR count). The number of aromatic nitrogens is 2. The molecule has 3 atom stereocenters. The number of benzene rings is 2. The molecule has 0 saturated heterocycles. The molecule has 0 unspecified atom stereocenters. The van der Waals surface area contributed by atoms with Gasteiger partial charge in [-0.2, -0.15) is 18.3 Å². The number of alkyl halides is 3. The van der Waals surface area contributed by atoms with E-state index in [0.29, 0.717) is 24.3 Å². The summed E-state index contributed by atoms with van der Waals surface area (Å²) in [5, 5.41) is 9.47. The average Bonchev–Trinajstić information content (AvgIpc) is 3.58. The van der Waals surface area contributed by atoms with Crippen molar-refractivity contribution < 1.29 is 31.9 Å². The standard InChI is InChI=1S/C29H31F4N5O3/c1-4-38-24(13-14-34-38)26(39)36-25(21-11-9-18-7-5-6-8-20(18)21)27(40)35-23-12-10-19(15-22(23)30)17(2)28(41)37(3)16-29(31,32)33/h5-8,10,12-15,17,21,25H,4,9,11,16H2,1-3H3,(H,35,40)(H,36,39)/t17-,21-,25-/m0/s1.